The van der Waals surface area contributed by atoms with Crippen LogP contribution in [-0.4, -0.2) is 4.57 Å². The van der Waals surface area contributed by atoms with Gasteiger partial charge in [0.05, 0.1) is 0 Å². The summed E-state index contributed by atoms with van der Waals surface area (Å²) in [5, 5.41) is 1.61. The highest BCUT2D eigenvalue weighted by Gasteiger charge is 2.16. The minimum atomic E-state index is -0.261. The van der Waals surface area contributed by atoms with Crippen molar-refractivity contribution in [3.05, 3.63) is 70.4 Å². The third kappa shape index (κ3) is 2.23. The van der Waals surface area contributed by atoms with Crippen molar-refractivity contribution in [1.82, 2.24) is 4.57 Å². The molecule has 0 bridgehead atoms. The van der Waals surface area contributed by atoms with Gasteiger partial charge in [0.15, 0.2) is 0 Å². The number of nitrogens with zero attached hydrogens (tertiary/aromatic N) is 1. The van der Waals surface area contributed by atoms with Crippen LogP contribution in [0.1, 0.15) is 25.6 Å². The van der Waals surface area contributed by atoms with Crippen LogP contribution >= 0.6 is 0 Å². The van der Waals surface area contributed by atoms with Crippen LogP contribution in [0.5, 0.6) is 0 Å². The van der Waals surface area contributed by atoms with Crippen molar-refractivity contribution < 1.29 is 4.39 Å². The fourth-order valence-electron chi connectivity index (χ4n) is 3.09. The number of fused-ring (bicyclic) bond motifs is 1. The summed E-state index contributed by atoms with van der Waals surface area (Å²) in [6.07, 6.45) is 0. The van der Waals surface area contributed by atoms with Crippen LogP contribution in [-0.2, 0) is 0 Å². The summed E-state index contributed by atoms with van der Waals surface area (Å²) >= 11 is 0. The zero-order valence-electron chi connectivity index (χ0n) is 12.9. The van der Waals surface area contributed by atoms with Gasteiger partial charge in [-0.15, -0.1) is 0 Å². The molecule has 0 fully saturated rings. The van der Waals surface area contributed by atoms with E-state index in [1.54, 1.807) is 16.7 Å². The molecule has 0 aliphatic heterocycles. The highest BCUT2D eigenvalue weighted by atomic mass is 19.1. The minimum absolute atomic E-state index is 0.0222. The van der Waals surface area contributed by atoms with Crippen LogP contribution in [0.15, 0.2) is 53.3 Å². The first-order valence-electron chi connectivity index (χ1n) is 7.40. The zero-order chi connectivity index (χ0) is 15.9. The Morgan fingerprint density at radius 3 is 2.14 bits per heavy atom. The Bertz CT molecular complexity index is 892. The molecule has 1 heterocycles. The zero-order valence-corrected chi connectivity index (χ0v) is 12.9. The molecule has 0 saturated carbocycles. The first kappa shape index (κ1) is 14.5. The van der Waals surface area contributed by atoms with E-state index < -0.39 is 0 Å². The highest BCUT2D eigenvalue weighted by Crippen LogP contribution is 2.31. The average Bonchev–Trinajstić information content (AvgIpc) is 2.49. The molecule has 0 aliphatic rings. The maximum Gasteiger partial charge on any atom is 0.258 e. The van der Waals surface area contributed by atoms with E-state index in [0.717, 1.165) is 22.2 Å². The summed E-state index contributed by atoms with van der Waals surface area (Å²) in [7, 11) is 0. The van der Waals surface area contributed by atoms with Crippen molar-refractivity contribution in [3.63, 3.8) is 0 Å². The number of benzene rings is 2. The predicted molar refractivity (Wildman–Crippen MR) is 88.7 cm³/mol. The maximum atomic E-state index is 13.2. The van der Waals surface area contributed by atoms with Crippen LogP contribution in [0.2, 0.25) is 0 Å². The molecule has 22 heavy (non-hydrogen) atoms. The van der Waals surface area contributed by atoms with Gasteiger partial charge < -0.3 is 4.57 Å². The normalized spacial score (nSPS) is 11.3. The van der Waals surface area contributed by atoms with Gasteiger partial charge in [-0.25, -0.2) is 4.39 Å². The topological polar surface area (TPSA) is 22.0 Å². The Morgan fingerprint density at radius 1 is 0.955 bits per heavy atom. The molecule has 0 saturated heterocycles. The van der Waals surface area contributed by atoms with Gasteiger partial charge in [-0.2, -0.15) is 0 Å². The monoisotopic (exact) mass is 295 g/mol. The van der Waals surface area contributed by atoms with E-state index >= 15 is 0 Å². The summed E-state index contributed by atoms with van der Waals surface area (Å²) < 4.78 is 15.0. The largest absolute Gasteiger partial charge is 0.309 e. The lowest BCUT2D eigenvalue weighted by molar-refractivity contribution is 0.568. The summed E-state index contributed by atoms with van der Waals surface area (Å²) in [5.41, 5.74) is 2.84. The summed E-state index contributed by atoms with van der Waals surface area (Å²) in [6, 6.07) is 14.1. The third-order valence-corrected chi connectivity index (χ3v) is 4.02. The van der Waals surface area contributed by atoms with Crippen LogP contribution in [0.25, 0.3) is 21.9 Å². The van der Waals surface area contributed by atoms with E-state index in [0.29, 0.717) is 5.39 Å². The van der Waals surface area contributed by atoms with Gasteiger partial charge in [0.1, 0.15) is 5.82 Å². The number of hydrogen-bond acceptors (Lipinski definition) is 1. The molecule has 0 N–H and O–H groups in total. The van der Waals surface area contributed by atoms with Crippen molar-refractivity contribution in [3.8, 4) is 11.1 Å². The Balaban J connectivity index is 2.47. The van der Waals surface area contributed by atoms with E-state index in [1.807, 2.05) is 45.0 Å². The van der Waals surface area contributed by atoms with Gasteiger partial charge in [-0.3, -0.25) is 4.79 Å². The fraction of sp³-hybridized carbons (Fsp3) is 0.211. The molecule has 0 unspecified atom stereocenters. The number of halogens is 1. The predicted octanol–water partition coefficient (Wildman–Crippen LogP) is 4.70. The molecular formula is C19H18FNO. The molecule has 0 atom stereocenters. The number of hydrogen-bond donors (Lipinski definition) is 0. The van der Waals surface area contributed by atoms with Crippen molar-refractivity contribution in [1.29, 1.82) is 0 Å². The number of aromatic nitrogens is 1. The molecule has 0 aliphatic carbocycles. The second-order valence-electron chi connectivity index (χ2n) is 5.78. The molecule has 3 rings (SSSR count). The fourth-order valence-corrected chi connectivity index (χ4v) is 3.09. The molecule has 112 valence electrons. The van der Waals surface area contributed by atoms with Crippen LogP contribution in [0.4, 0.5) is 4.39 Å². The van der Waals surface area contributed by atoms with Crippen LogP contribution < -0.4 is 5.56 Å². The second kappa shape index (κ2) is 5.41. The van der Waals surface area contributed by atoms with Gasteiger partial charge in [-0.05, 0) is 49.9 Å². The Hall–Kier alpha value is -2.42. The van der Waals surface area contributed by atoms with E-state index in [-0.39, 0.29) is 17.4 Å². The van der Waals surface area contributed by atoms with E-state index in [1.165, 1.54) is 12.1 Å². The van der Waals surface area contributed by atoms with Crippen molar-refractivity contribution >= 4 is 10.8 Å². The molecule has 3 aromatic rings. The standard InChI is InChI=1S/C19H18FNO/c1-12(2)21-13(3)18(14-8-10-15(20)11-9-14)16-6-4-5-7-17(16)19(21)22/h4-12H,1-3H3. The smallest absolute Gasteiger partial charge is 0.258 e. The van der Waals surface area contributed by atoms with Gasteiger partial charge in [-0.1, -0.05) is 30.3 Å². The summed E-state index contributed by atoms with van der Waals surface area (Å²) in [4.78, 5) is 12.7. The van der Waals surface area contributed by atoms with Crippen molar-refractivity contribution in [2.45, 2.75) is 26.8 Å². The SMILES string of the molecule is Cc1c(-c2ccc(F)cc2)c2ccccc2c(=O)n1C(C)C. The molecule has 0 amide bonds. The van der Waals surface area contributed by atoms with E-state index in [4.69, 9.17) is 0 Å². The third-order valence-electron chi connectivity index (χ3n) is 4.02. The number of pyridine rings is 1. The van der Waals surface area contributed by atoms with Gasteiger partial charge in [0.25, 0.3) is 5.56 Å². The van der Waals surface area contributed by atoms with Crippen molar-refractivity contribution in [2.75, 3.05) is 0 Å². The lowest BCUT2D eigenvalue weighted by Gasteiger charge is -2.20. The maximum absolute atomic E-state index is 13.2. The molecule has 0 radical (unpaired) electrons. The highest BCUT2D eigenvalue weighted by molar-refractivity contribution is 5.97. The van der Waals surface area contributed by atoms with Crippen LogP contribution in [0, 0.1) is 12.7 Å². The summed E-state index contributed by atoms with van der Waals surface area (Å²) in [6.45, 7) is 5.95. The lowest BCUT2D eigenvalue weighted by atomic mass is 9.97. The summed E-state index contributed by atoms with van der Waals surface area (Å²) in [5.74, 6) is -0.261. The minimum Gasteiger partial charge on any atom is -0.309 e. The Morgan fingerprint density at radius 2 is 1.55 bits per heavy atom. The Kier molecular flexibility index (Phi) is 3.57. The van der Waals surface area contributed by atoms with Gasteiger partial charge in [0, 0.05) is 22.7 Å². The molecule has 0 spiro atoms. The molecule has 1 aromatic heterocycles. The second-order valence-corrected chi connectivity index (χ2v) is 5.78. The number of rotatable bonds is 2. The Labute approximate surface area is 128 Å². The first-order chi connectivity index (χ1) is 10.5. The lowest BCUT2D eigenvalue weighted by Crippen LogP contribution is -2.25. The molecule has 2 aromatic carbocycles. The van der Waals surface area contributed by atoms with E-state index in [9.17, 15) is 9.18 Å². The van der Waals surface area contributed by atoms with Crippen LogP contribution in [0.3, 0.4) is 0 Å². The van der Waals surface area contributed by atoms with Gasteiger partial charge >= 0.3 is 0 Å². The molecule has 2 nitrogen and oxygen atoms in total. The van der Waals surface area contributed by atoms with E-state index in [2.05, 4.69) is 0 Å². The molecular weight excluding hydrogens is 277 g/mol. The van der Waals surface area contributed by atoms with Crippen molar-refractivity contribution in [2.24, 2.45) is 0 Å². The quantitative estimate of drug-likeness (QED) is 0.672. The van der Waals surface area contributed by atoms with Gasteiger partial charge in [0.2, 0.25) is 0 Å². The molecule has 3 heteroatoms. The average molecular weight is 295 g/mol. The first-order valence-corrected chi connectivity index (χ1v) is 7.40.